The maximum absolute atomic E-state index is 5.74. The zero-order chi connectivity index (χ0) is 16.4. The molecule has 6 heteroatoms. The van der Waals surface area contributed by atoms with Gasteiger partial charge in [-0.15, -0.1) is 0 Å². The molecule has 0 unspecified atom stereocenters. The molecular weight excluding hydrogens is 320 g/mol. The molecule has 0 bridgehead atoms. The molecule has 3 aromatic rings. The Morgan fingerprint density at radius 3 is 2.92 bits per heavy atom. The number of hydrogen-bond acceptors (Lipinski definition) is 6. The number of aryl methyl sites for hydroxylation is 1. The molecule has 24 heavy (non-hydrogen) atoms. The van der Waals surface area contributed by atoms with Crippen LogP contribution in [0.4, 0.5) is 5.13 Å². The van der Waals surface area contributed by atoms with E-state index < -0.39 is 0 Å². The van der Waals surface area contributed by atoms with Gasteiger partial charge in [0.15, 0.2) is 5.13 Å². The number of fused-ring (bicyclic) bond motifs is 1. The number of anilines is 1. The summed E-state index contributed by atoms with van der Waals surface area (Å²) in [6.07, 6.45) is 7.22. The molecule has 0 amide bonds. The van der Waals surface area contributed by atoms with Crippen LogP contribution in [0.15, 0.2) is 36.8 Å². The Morgan fingerprint density at radius 2 is 2.12 bits per heavy atom. The largest absolute Gasteiger partial charge is 0.476 e. The lowest BCUT2D eigenvalue weighted by Crippen LogP contribution is -2.35. The molecule has 1 aliphatic rings. The van der Waals surface area contributed by atoms with Crippen LogP contribution in [0.25, 0.3) is 10.2 Å². The summed E-state index contributed by atoms with van der Waals surface area (Å²) in [6, 6.07) is 6.46. The molecule has 124 valence electrons. The van der Waals surface area contributed by atoms with Gasteiger partial charge in [-0.05, 0) is 43.4 Å². The van der Waals surface area contributed by atoms with Crippen molar-refractivity contribution in [3.05, 3.63) is 42.4 Å². The van der Waals surface area contributed by atoms with Gasteiger partial charge in [-0.3, -0.25) is 4.98 Å². The van der Waals surface area contributed by atoms with E-state index in [0.29, 0.717) is 18.4 Å². The van der Waals surface area contributed by atoms with Crippen molar-refractivity contribution in [2.45, 2.75) is 19.8 Å². The van der Waals surface area contributed by atoms with Crippen LogP contribution in [0.2, 0.25) is 0 Å². The maximum atomic E-state index is 5.74. The number of thiazole rings is 1. The number of piperidine rings is 1. The summed E-state index contributed by atoms with van der Waals surface area (Å²) in [6.45, 7) is 4.91. The summed E-state index contributed by atoms with van der Waals surface area (Å²) in [5.41, 5.74) is 2.39. The molecule has 1 fully saturated rings. The first-order chi connectivity index (χ1) is 11.8. The van der Waals surface area contributed by atoms with Crippen molar-refractivity contribution in [1.29, 1.82) is 0 Å². The fourth-order valence-corrected chi connectivity index (χ4v) is 4.12. The SMILES string of the molecule is Cc1ccc2nc(N3CCC(COc4cnccn4)CC3)sc2c1. The zero-order valence-electron chi connectivity index (χ0n) is 13.7. The van der Waals surface area contributed by atoms with Gasteiger partial charge in [0.05, 0.1) is 23.0 Å². The van der Waals surface area contributed by atoms with Crippen molar-refractivity contribution in [1.82, 2.24) is 15.0 Å². The van der Waals surface area contributed by atoms with Gasteiger partial charge in [-0.1, -0.05) is 17.4 Å². The van der Waals surface area contributed by atoms with E-state index in [4.69, 9.17) is 9.72 Å². The molecule has 0 saturated carbocycles. The highest BCUT2D eigenvalue weighted by atomic mass is 32.1. The summed E-state index contributed by atoms with van der Waals surface area (Å²) in [5, 5.41) is 1.14. The number of benzene rings is 1. The predicted molar refractivity (Wildman–Crippen MR) is 96.8 cm³/mol. The van der Waals surface area contributed by atoms with E-state index in [9.17, 15) is 0 Å². The van der Waals surface area contributed by atoms with Crippen molar-refractivity contribution >= 4 is 26.7 Å². The smallest absolute Gasteiger partial charge is 0.232 e. The lowest BCUT2D eigenvalue weighted by Gasteiger charge is -2.31. The minimum Gasteiger partial charge on any atom is -0.476 e. The number of ether oxygens (including phenoxy) is 1. The highest BCUT2D eigenvalue weighted by Gasteiger charge is 2.22. The van der Waals surface area contributed by atoms with E-state index in [1.165, 1.54) is 10.3 Å². The van der Waals surface area contributed by atoms with Gasteiger partial charge in [0.25, 0.3) is 0 Å². The van der Waals surface area contributed by atoms with Gasteiger partial charge in [-0.25, -0.2) is 9.97 Å². The Kier molecular flexibility index (Phi) is 4.30. The molecule has 3 heterocycles. The zero-order valence-corrected chi connectivity index (χ0v) is 14.5. The van der Waals surface area contributed by atoms with Gasteiger partial charge >= 0.3 is 0 Å². The normalized spacial score (nSPS) is 15.8. The first kappa shape index (κ1) is 15.3. The van der Waals surface area contributed by atoms with Gasteiger partial charge < -0.3 is 9.64 Å². The lowest BCUT2D eigenvalue weighted by atomic mass is 9.98. The average Bonchev–Trinajstić information content (AvgIpc) is 3.04. The van der Waals surface area contributed by atoms with Crippen LogP contribution in [0, 0.1) is 12.8 Å². The Hall–Kier alpha value is -2.21. The quantitative estimate of drug-likeness (QED) is 0.725. The van der Waals surface area contributed by atoms with E-state index in [1.807, 2.05) is 0 Å². The first-order valence-electron chi connectivity index (χ1n) is 8.29. The summed E-state index contributed by atoms with van der Waals surface area (Å²) >= 11 is 1.79. The number of nitrogens with zero attached hydrogens (tertiary/aromatic N) is 4. The van der Waals surface area contributed by atoms with Crippen molar-refractivity contribution in [3.63, 3.8) is 0 Å². The average molecular weight is 340 g/mol. The molecule has 0 atom stereocenters. The Labute approximate surface area is 145 Å². The van der Waals surface area contributed by atoms with Crippen LogP contribution < -0.4 is 9.64 Å². The third-order valence-corrected chi connectivity index (χ3v) is 5.50. The van der Waals surface area contributed by atoms with Crippen molar-refractivity contribution in [3.8, 4) is 5.88 Å². The molecule has 4 rings (SSSR count). The molecule has 0 radical (unpaired) electrons. The molecule has 0 spiro atoms. The second-order valence-electron chi connectivity index (χ2n) is 6.25. The molecule has 1 saturated heterocycles. The Balaban J connectivity index is 1.35. The second kappa shape index (κ2) is 6.73. The molecule has 0 aliphatic carbocycles. The number of hydrogen-bond donors (Lipinski definition) is 0. The van der Waals surface area contributed by atoms with E-state index in [-0.39, 0.29) is 0 Å². The highest BCUT2D eigenvalue weighted by Crippen LogP contribution is 2.32. The van der Waals surface area contributed by atoms with Crippen molar-refractivity contribution in [2.24, 2.45) is 5.92 Å². The number of aromatic nitrogens is 3. The van der Waals surface area contributed by atoms with E-state index in [2.05, 4.69) is 40.0 Å². The van der Waals surface area contributed by atoms with Crippen molar-refractivity contribution < 1.29 is 4.74 Å². The Morgan fingerprint density at radius 1 is 1.25 bits per heavy atom. The third-order valence-electron chi connectivity index (χ3n) is 4.42. The monoisotopic (exact) mass is 340 g/mol. The third kappa shape index (κ3) is 3.33. The van der Waals surface area contributed by atoms with Crippen LogP contribution in [-0.2, 0) is 0 Å². The molecule has 1 aliphatic heterocycles. The minimum absolute atomic E-state index is 0.569. The van der Waals surface area contributed by atoms with Crippen LogP contribution in [0.3, 0.4) is 0 Å². The van der Waals surface area contributed by atoms with E-state index in [0.717, 1.165) is 36.6 Å². The van der Waals surface area contributed by atoms with Crippen molar-refractivity contribution in [2.75, 3.05) is 24.6 Å². The highest BCUT2D eigenvalue weighted by molar-refractivity contribution is 7.22. The molecule has 1 aromatic carbocycles. The van der Waals surface area contributed by atoms with E-state index >= 15 is 0 Å². The first-order valence-corrected chi connectivity index (χ1v) is 9.10. The molecule has 5 nitrogen and oxygen atoms in total. The molecule has 0 N–H and O–H groups in total. The van der Waals surface area contributed by atoms with Gasteiger partial charge in [-0.2, -0.15) is 0 Å². The fourth-order valence-electron chi connectivity index (χ4n) is 3.01. The summed E-state index contributed by atoms with van der Waals surface area (Å²) in [4.78, 5) is 15.4. The summed E-state index contributed by atoms with van der Waals surface area (Å²) < 4.78 is 7.02. The lowest BCUT2D eigenvalue weighted by molar-refractivity contribution is 0.215. The number of rotatable bonds is 4. The fraction of sp³-hybridized carbons (Fsp3) is 0.389. The van der Waals surface area contributed by atoms with Gasteiger partial charge in [0, 0.05) is 25.5 Å². The second-order valence-corrected chi connectivity index (χ2v) is 7.26. The Bertz CT molecular complexity index is 812. The topological polar surface area (TPSA) is 51.1 Å². The standard InChI is InChI=1S/C18H20N4OS/c1-13-2-3-15-16(10-13)24-18(21-15)22-8-4-14(5-9-22)12-23-17-11-19-6-7-20-17/h2-3,6-7,10-11,14H,4-5,8-9,12H2,1H3. The summed E-state index contributed by atoms with van der Waals surface area (Å²) in [5.74, 6) is 1.18. The molecular formula is C18H20N4OS. The van der Waals surface area contributed by atoms with Crippen LogP contribution in [-0.4, -0.2) is 34.6 Å². The predicted octanol–water partition coefficient (Wildman–Crippen LogP) is 3.69. The molecule has 2 aromatic heterocycles. The minimum atomic E-state index is 0.569. The van der Waals surface area contributed by atoms with Crippen LogP contribution in [0.5, 0.6) is 5.88 Å². The van der Waals surface area contributed by atoms with E-state index in [1.54, 1.807) is 29.9 Å². The summed E-state index contributed by atoms with van der Waals surface area (Å²) in [7, 11) is 0. The van der Waals surface area contributed by atoms with Crippen LogP contribution in [0.1, 0.15) is 18.4 Å². The van der Waals surface area contributed by atoms with Gasteiger partial charge in [0.1, 0.15) is 0 Å². The maximum Gasteiger partial charge on any atom is 0.232 e. The van der Waals surface area contributed by atoms with Gasteiger partial charge in [0.2, 0.25) is 5.88 Å². The van der Waals surface area contributed by atoms with Crippen LogP contribution >= 0.6 is 11.3 Å².